The average Bonchev–Trinajstić information content (AvgIpc) is 2.61. The second-order valence-corrected chi connectivity index (χ2v) is 3.90. The molecule has 0 fully saturated rings. The molecule has 0 radical (unpaired) electrons. The molecule has 17 heavy (non-hydrogen) atoms. The number of carboxylic acid groups (broad SMARTS) is 1. The predicted molar refractivity (Wildman–Crippen MR) is 60.6 cm³/mol. The third-order valence-corrected chi connectivity index (χ3v) is 2.21. The molecule has 0 unspecified atom stereocenters. The summed E-state index contributed by atoms with van der Waals surface area (Å²) >= 11 is 0. The minimum Gasteiger partial charge on any atom is -0.480 e. The Bertz CT molecular complexity index is 413. The first kappa shape index (κ1) is 13.1. The summed E-state index contributed by atoms with van der Waals surface area (Å²) in [5.41, 5.74) is 0. The van der Waals surface area contributed by atoms with Gasteiger partial charge < -0.3 is 19.3 Å². The maximum atomic E-state index is 11.7. The van der Waals surface area contributed by atoms with Gasteiger partial charge in [-0.05, 0) is 19.1 Å². The van der Waals surface area contributed by atoms with Gasteiger partial charge in [-0.1, -0.05) is 0 Å². The Balaban J connectivity index is 2.55. The maximum Gasteiger partial charge on any atom is 0.323 e. The van der Waals surface area contributed by atoms with E-state index >= 15 is 0 Å². The molecule has 6 heteroatoms. The molecule has 0 atom stereocenters. The van der Waals surface area contributed by atoms with E-state index in [9.17, 15) is 9.59 Å². The highest BCUT2D eigenvalue weighted by Gasteiger charge is 2.17. The molecule has 0 aliphatic heterocycles. The number of rotatable bonds is 4. The van der Waals surface area contributed by atoms with Crippen LogP contribution in [0.3, 0.4) is 0 Å². The lowest BCUT2D eigenvalue weighted by Crippen LogP contribution is -2.40. The molecule has 1 N–H and O–H groups in total. The fourth-order valence-electron chi connectivity index (χ4n) is 1.43. The summed E-state index contributed by atoms with van der Waals surface area (Å²) in [7, 11) is 3.04. The number of furan rings is 1. The van der Waals surface area contributed by atoms with E-state index in [2.05, 4.69) is 0 Å². The van der Waals surface area contributed by atoms with Crippen molar-refractivity contribution < 1.29 is 19.1 Å². The lowest BCUT2D eigenvalue weighted by atomic mass is 10.4. The Morgan fingerprint density at radius 1 is 1.29 bits per heavy atom. The fourth-order valence-corrected chi connectivity index (χ4v) is 1.43. The van der Waals surface area contributed by atoms with Crippen LogP contribution in [-0.4, -0.2) is 47.5 Å². The Hall–Kier alpha value is -1.98. The molecule has 0 aliphatic carbocycles. The van der Waals surface area contributed by atoms with E-state index in [1.807, 2.05) is 13.0 Å². The van der Waals surface area contributed by atoms with Crippen LogP contribution in [0.25, 0.3) is 0 Å². The van der Waals surface area contributed by atoms with E-state index in [-0.39, 0.29) is 12.6 Å². The van der Waals surface area contributed by atoms with E-state index in [4.69, 9.17) is 9.52 Å². The van der Waals surface area contributed by atoms with E-state index in [0.29, 0.717) is 12.3 Å². The van der Waals surface area contributed by atoms with Crippen molar-refractivity contribution in [3.05, 3.63) is 23.7 Å². The first-order valence-corrected chi connectivity index (χ1v) is 5.13. The Morgan fingerprint density at radius 2 is 1.94 bits per heavy atom. The highest BCUT2D eigenvalue weighted by atomic mass is 16.4. The summed E-state index contributed by atoms with van der Waals surface area (Å²) in [4.78, 5) is 24.7. The number of hydrogen-bond acceptors (Lipinski definition) is 3. The van der Waals surface area contributed by atoms with Crippen LogP contribution in [-0.2, 0) is 11.3 Å². The highest BCUT2D eigenvalue weighted by Crippen LogP contribution is 2.09. The van der Waals surface area contributed by atoms with Crippen LogP contribution in [0.5, 0.6) is 0 Å². The molecule has 1 aromatic heterocycles. The van der Waals surface area contributed by atoms with Crippen LogP contribution in [0, 0.1) is 6.92 Å². The van der Waals surface area contributed by atoms with Crippen molar-refractivity contribution in [1.29, 1.82) is 0 Å². The fraction of sp³-hybridized carbons (Fsp3) is 0.455. The van der Waals surface area contributed by atoms with E-state index in [1.165, 1.54) is 11.9 Å². The first-order chi connectivity index (χ1) is 7.90. The van der Waals surface area contributed by atoms with Gasteiger partial charge in [-0.3, -0.25) is 4.79 Å². The summed E-state index contributed by atoms with van der Waals surface area (Å²) in [5.74, 6) is 0.407. The van der Waals surface area contributed by atoms with Crippen LogP contribution in [0.15, 0.2) is 16.5 Å². The molecule has 6 nitrogen and oxygen atoms in total. The molecule has 0 spiro atoms. The van der Waals surface area contributed by atoms with Crippen LogP contribution >= 0.6 is 0 Å². The van der Waals surface area contributed by atoms with Gasteiger partial charge in [0.25, 0.3) is 0 Å². The van der Waals surface area contributed by atoms with E-state index in [1.54, 1.807) is 13.1 Å². The number of nitrogens with zero attached hydrogens (tertiary/aromatic N) is 2. The zero-order valence-electron chi connectivity index (χ0n) is 10.1. The number of amides is 2. The number of hydrogen-bond donors (Lipinski definition) is 1. The van der Waals surface area contributed by atoms with Gasteiger partial charge in [0.2, 0.25) is 0 Å². The number of carboxylic acids is 1. The number of carbonyl (C=O) groups excluding carboxylic acids is 1. The monoisotopic (exact) mass is 240 g/mol. The van der Waals surface area contributed by atoms with Gasteiger partial charge in [-0.25, -0.2) is 4.79 Å². The number of likely N-dealkylation sites (N-methyl/N-ethyl adjacent to an activating group) is 1. The van der Waals surface area contributed by atoms with Gasteiger partial charge >= 0.3 is 12.0 Å². The van der Waals surface area contributed by atoms with Crippen molar-refractivity contribution >= 4 is 12.0 Å². The van der Waals surface area contributed by atoms with Gasteiger partial charge in [0.1, 0.15) is 18.1 Å². The predicted octanol–water partition coefficient (Wildman–Crippen LogP) is 1.16. The third kappa shape index (κ3) is 3.82. The molecule has 2 amide bonds. The van der Waals surface area contributed by atoms with Crippen molar-refractivity contribution in [2.24, 2.45) is 0 Å². The van der Waals surface area contributed by atoms with Crippen LogP contribution in [0.4, 0.5) is 4.79 Å². The SMILES string of the molecule is Cc1ccc(CN(C)C(=O)N(C)CC(=O)O)o1. The standard InChI is InChI=1S/C11H16N2O4/c1-8-4-5-9(17-8)6-12(2)11(16)13(3)7-10(14)15/h4-5H,6-7H2,1-3H3,(H,14,15). The summed E-state index contributed by atoms with van der Waals surface area (Å²) in [6.07, 6.45) is 0. The summed E-state index contributed by atoms with van der Waals surface area (Å²) < 4.78 is 5.34. The molecule has 0 saturated heterocycles. The molecule has 0 saturated carbocycles. The molecule has 1 aromatic rings. The highest BCUT2D eigenvalue weighted by molar-refractivity contribution is 5.79. The topological polar surface area (TPSA) is 74.0 Å². The number of urea groups is 1. The molecule has 0 aromatic carbocycles. The van der Waals surface area contributed by atoms with Crippen LogP contribution < -0.4 is 0 Å². The molecule has 94 valence electrons. The normalized spacial score (nSPS) is 10.1. The Morgan fingerprint density at radius 3 is 2.41 bits per heavy atom. The summed E-state index contributed by atoms with van der Waals surface area (Å²) in [5, 5.41) is 8.58. The largest absolute Gasteiger partial charge is 0.480 e. The van der Waals surface area contributed by atoms with Crippen molar-refractivity contribution in [1.82, 2.24) is 9.80 Å². The molecular weight excluding hydrogens is 224 g/mol. The van der Waals surface area contributed by atoms with Gasteiger partial charge in [-0.15, -0.1) is 0 Å². The zero-order chi connectivity index (χ0) is 13.0. The molecule has 0 aliphatic rings. The molecular formula is C11H16N2O4. The molecule has 1 heterocycles. The van der Waals surface area contributed by atoms with Crippen molar-refractivity contribution in [2.45, 2.75) is 13.5 Å². The lowest BCUT2D eigenvalue weighted by Gasteiger charge is -2.22. The first-order valence-electron chi connectivity index (χ1n) is 5.13. The summed E-state index contributed by atoms with van der Waals surface area (Å²) in [6, 6.07) is 3.24. The number of carbonyl (C=O) groups is 2. The third-order valence-electron chi connectivity index (χ3n) is 2.21. The minimum absolute atomic E-state index is 0.316. The number of aliphatic carboxylic acids is 1. The quantitative estimate of drug-likeness (QED) is 0.856. The van der Waals surface area contributed by atoms with Crippen molar-refractivity contribution in [3.8, 4) is 0 Å². The second kappa shape index (κ2) is 5.38. The van der Waals surface area contributed by atoms with Crippen molar-refractivity contribution in [3.63, 3.8) is 0 Å². The smallest absolute Gasteiger partial charge is 0.323 e. The minimum atomic E-state index is -1.04. The van der Waals surface area contributed by atoms with Crippen molar-refractivity contribution in [2.75, 3.05) is 20.6 Å². The lowest BCUT2D eigenvalue weighted by molar-refractivity contribution is -0.137. The van der Waals surface area contributed by atoms with Gasteiger partial charge in [-0.2, -0.15) is 0 Å². The average molecular weight is 240 g/mol. The summed E-state index contributed by atoms with van der Waals surface area (Å²) in [6.45, 7) is 1.82. The zero-order valence-corrected chi connectivity index (χ0v) is 10.1. The van der Waals surface area contributed by atoms with E-state index < -0.39 is 5.97 Å². The maximum absolute atomic E-state index is 11.7. The Kier molecular flexibility index (Phi) is 4.14. The molecule has 0 bridgehead atoms. The van der Waals surface area contributed by atoms with Gasteiger partial charge in [0.15, 0.2) is 0 Å². The second-order valence-electron chi connectivity index (χ2n) is 3.90. The van der Waals surface area contributed by atoms with E-state index in [0.717, 1.165) is 10.7 Å². The molecule has 1 rings (SSSR count). The van der Waals surface area contributed by atoms with Gasteiger partial charge in [0, 0.05) is 14.1 Å². The Labute approximate surface area is 99.4 Å². The van der Waals surface area contributed by atoms with Crippen LogP contribution in [0.2, 0.25) is 0 Å². The van der Waals surface area contributed by atoms with Crippen LogP contribution in [0.1, 0.15) is 11.5 Å². The number of aryl methyl sites for hydroxylation is 1. The van der Waals surface area contributed by atoms with Gasteiger partial charge in [0.05, 0.1) is 6.54 Å².